The van der Waals surface area contributed by atoms with Crippen molar-refractivity contribution in [2.75, 3.05) is 0 Å². The van der Waals surface area contributed by atoms with Gasteiger partial charge in [-0.1, -0.05) is 78.9 Å². The molecule has 5 rings (SSSR count). The highest BCUT2D eigenvalue weighted by molar-refractivity contribution is 6.06. The van der Waals surface area contributed by atoms with E-state index < -0.39 is 6.04 Å². The fraction of sp³-hybridized carbons (Fsp3) is 0.241. The number of Topliss-reactive ketones (excluding diaryl/α,β-unsaturated/α-hetero) is 1. The van der Waals surface area contributed by atoms with Crippen LogP contribution in [0.4, 0.5) is 0 Å². The lowest BCUT2D eigenvalue weighted by Crippen LogP contribution is -2.36. The van der Waals surface area contributed by atoms with Gasteiger partial charge in [0.2, 0.25) is 0 Å². The number of ketones is 1. The van der Waals surface area contributed by atoms with E-state index in [4.69, 9.17) is 10.7 Å². The molecule has 32 heavy (non-hydrogen) atoms. The molecule has 0 bridgehead atoms. The molecular weight excluding hydrogens is 392 g/mol. The number of aryl methyl sites for hydroxylation is 2. The molecule has 1 unspecified atom stereocenters. The van der Waals surface area contributed by atoms with E-state index in [1.54, 1.807) is 0 Å². The Kier molecular flexibility index (Phi) is 5.83. The summed E-state index contributed by atoms with van der Waals surface area (Å²) < 4.78 is 0. The molecule has 1 aromatic heterocycles. The predicted molar refractivity (Wildman–Crippen MR) is 130 cm³/mol. The largest absolute Gasteiger partial charge is 0.321 e. The maximum atomic E-state index is 13.1. The summed E-state index contributed by atoms with van der Waals surface area (Å²) in [6.07, 6.45) is 4.30. The van der Waals surface area contributed by atoms with Gasteiger partial charge in [0.25, 0.3) is 0 Å². The number of hydrogen-bond donors (Lipinski definition) is 1. The van der Waals surface area contributed by atoms with Gasteiger partial charge in [-0.25, -0.2) is 0 Å². The van der Waals surface area contributed by atoms with Crippen LogP contribution in [-0.2, 0) is 12.8 Å². The molecule has 0 aliphatic heterocycles. The third kappa shape index (κ3) is 3.96. The first-order chi connectivity index (χ1) is 15.7. The number of para-hydroxylation sites is 1. The molecule has 0 fully saturated rings. The Hall–Kier alpha value is -3.30. The topological polar surface area (TPSA) is 56.0 Å². The lowest BCUT2D eigenvalue weighted by molar-refractivity contribution is 0.0946. The summed E-state index contributed by atoms with van der Waals surface area (Å²) in [4.78, 5) is 17.9. The zero-order valence-electron chi connectivity index (χ0n) is 18.2. The Balaban J connectivity index is 1.48. The zero-order valence-corrected chi connectivity index (χ0v) is 18.2. The second-order valence-corrected chi connectivity index (χ2v) is 8.70. The number of carbonyl (C=O) groups is 1. The van der Waals surface area contributed by atoms with E-state index in [-0.39, 0.29) is 5.78 Å². The highest BCUT2D eigenvalue weighted by Crippen LogP contribution is 2.33. The molecule has 160 valence electrons. The molecule has 3 nitrogen and oxygen atoms in total. The van der Waals surface area contributed by atoms with Crippen LogP contribution in [0.1, 0.15) is 57.9 Å². The van der Waals surface area contributed by atoms with Gasteiger partial charge >= 0.3 is 0 Å². The third-order valence-electron chi connectivity index (χ3n) is 6.67. The van der Waals surface area contributed by atoms with Gasteiger partial charge in [0, 0.05) is 16.9 Å². The average Bonchev–Trinajstić information content (AvgIpc) is 2.85. The number of carbonyl (C=O) groups excluding carboxylic acids is 1. The van der Waals surface area contributed by atoms with Gasteiger partial charge in [0.15, 0.2) is 5.78 Å². The second-order valence-electron chi connectivity index (χ2n) is 8.70. The Morgan fingerprint density at radius 3 is 2.19 bits per heavy atom. The molecule has 2 N–H and O–H groups in total. The molecule has 0 saturated heterocycles. The normalized spacial score (nSPS) is 15.8. The molecule has 1 aliphatic carbocycles. The summed E-state index contributed by atoms with van der Waals surface area (Å²) in [6, 6.07) is 29.2. The van der Waals surface area contributed by atoms with Gasteiger partial charge in [-0.15, -0.1) is 0 Å². The van der Waals surface area contributed by atoms with E-state index in [1.165, 1.54) is 11.1 Å². The van der Waals surface area contributed by atoms with E-state index in [0.29, 0.717) is 12.3 Å². The number of nitrogens with zero attached hydrogens (tertiary/aromatic N) is 1. The van der Waals surface area contributed by atoms with Crippen LogP contribution in [0.3, 0.4) is 0 Å². The zero-order chi connectivity index (χ0) is 21.9. The van der Waals surface area contributed by atoms with Crippen molar-refractivity contribution in [2.45, 2.75) is 44.1 Å². The number of hydrogen-bond acceptors (Lipinski definition) is 3. The van der Waals surface area contributed by atoms with Gasteiger partial charge < -0.3 is 5.73 Å². The standard InChI is InChI=1S/C29H28N2O/c30-25-18-19-27-28(29(25)32)24(23-14-7-8-17-26(23)31-27)16-9-15-22(20-10-3-1-4-11-20)21-12-5-2-6-13-21/h1-8,10-14,17,22,25H,9,15-16,18-19,30H2. The molecule has 3 heteroatoms. The van der Waals surface area contributed by atoms with Crippen LogP contribution in [0.15, 0.2) is 84.9 Å². The quantitative estimate of drug-likeness (QED) is 0.426. The Labute approximate surface area is 189 Å². The number of fused-ring (bicyclic) bond motifs is 2. The first kappa shape index (κ1) is 20.6. The maximum Gasteiger partial charge on any atom is 0.181 e. The van der Waals surface area contributed by atoms with Crippen molar-refractivity contribution >= 4 is 16.7 Å². The van der Waals surface area contributed by atoms with Crippen molar-refractivity contribution in [3.63, 3.8) is 0 Å². The van der Waals surface area contributed by atoms with E-state index >= 15 is 0 Å². The maximum absolute atomic E-state index is 13.1. The number of benzene rings is 3. The molecule has 1 atom stereocenters. The Bertz CT molecular complexity index is 1190. The molecular formula is C29H28N2O. The monoisotopic (exact) mass is 420 g/mol. The summed E-state index contributed by atoms with van der Waals surface area (Å²) in [5, 5.41) is 1.09. The van der Waals surface area contributed by atoms with Crippen LogP contribution in [0.2, 0.25) is 0 Å². The van der Waals surface area contributed by atoms with Crippen LogP contribution < -0.4 is 5.73 Å². The van der Waals surface area contributed by atoms with Gasteiger partial charge in [-0.2, -0.15) is 0 Å². The number of aromatic nitrogens is 1. The summed E-state index contributed by atoms with van der Waals surface area (Å²) in [6.45, 7) is 0. The van der Waals surface area contributed by atoms with Gasteiger partial charge in [0.1, 0.15) is 0 Å². The molecule has 0 amide bonds. The van der Waals surface area contributed by atoms with Crippen molar-refractivity contribution in [3.05, 3.63) is 113 Å². The molecule has 0 spiro atoms. The lowest BCUT2D eigenvalue weighted by atomic mass is 9.83. The lowest BCUT2D eigenvalue weighted by Gasteiger charge is -2.24. The minimum Gasteiger partial charge on any atom is -0.321 e. The summed E-state index contributed by atoms with van der Waals surface area (Å²) in [7, 11) is 0. The molecule has 1 heterocycles. The third-order valence-corrected chi connectivity index (χ3v) is 6.67. The summed E-state index contributed by atoms with van der Waals surface area (Å²) in [5.41, 5.74) is 12.6. The van der Waals surface area contributed by atoms with Gasteiger partial charge in [-0.3, -0.25) is 9.78 Å². The number of pyridine rings is 1. The first-order valence-corrected chi connectivity index (χ1v) is 11.5. The van der Waals surface area contributed by atoms with Crippen molar-refractivity contribution in [1.82, 2.24) is 4.98 Å². The SMILES string of the molecule is NC1CCc2nc3ccccc3c(CCCC(c3ccccc3)c3ccccc3)c2C1=O. The highest BCUT2D eigenvalue weighted by atomic mass is 16.1. The number of rotatable bonds is 6. The minimum atomic E-state index is -0.411. The molecule has 0 radical (unpaired) electrons. The van der Waals surface area contributed by atoms with Crippen molar-refractivity contribution < 1.29 is 4.79 Å². The molecule has 4 aromatic rings. The second kappa shape index (κ2) is 9.05. The smallest absolute Gasteiger partial charge is 0.181 e. The van der Waals surface area contributed by atoms with E-state index in [2.05, 4.69) is 72.8 Å². The van der Waals surface area contributed by atoms with Crippen molar-refractivity contribution in [3.8, 4) is 0 Å². The molecule has 3 aromatic carbocycles. The van der Waals surface area contributed by atoms with E-state index in [1.807, 2.05) is 12.1 Å². The van der Waals surface area contributed by atoms with Crippen molar-refractivity contribution in [2.24, 2.45) is 5.73 Å². The molecule has 1 aliphatic rings. The van der Waals surface area contributed by atoms with Crippen LogP contribution in [0.25, 0.3) is 10.9 Å². The van der Waals surface area contributed by atoms with E-state index in [0.717, 1.165) is 53.4 Å². The highest BCUT2D eigenvalue weighted by Gasteiger charge is 2.29. The van der Waals surface area contributed by atoms with Gasteiger partial charge in [0.05, 0.1) is 17.3 Å². The minimum absolute atomic E-state index is 0.0576. The van der Waals surface area contributed by atoms with E-state index in [9.17, 15) is 4.79 Å². The Morgan fingerprint density at radius 1 is 0.875 bits per heavy atom. The molecule has 0 saturated carbocycles. The van der Waals surface area contributed by atoms with Gasteiger partial charge in [-0.05, 0) is 54.9 Å². The fourth-order valence-corrected chi connectivity index (χ4v) is 5.06. The van der Waals surface area contributed by atoms with Crippen LogP contribution in [0.5, 0.6) is 0 Å². The number of nitrogens with two attached hydrogens (primary N) is 1. The average molecular weight is 421 g/mol. The Morgan fingerprint density at radius 2 is 1.50 bits per heavy atom. The summed E-state index contributed by atoms with van der Waals surface area (Å²) >= 11 is 0. The van der Waals surface area contributed by atoms with Crippen LogP contribution >= 0.6 is 0 Å². The van der Waals surface area contributed by atoms with Crippen LogP contribution in [0, 0.1) is 0 Å². The first-order valence-electron chi connectivity index (χ1n) is 11.5. The summed E-state index contributed by atoms with van der Waals surface area (Å²) in [5.74, 6) is 0.390. The van der Waals surface area contributed by atoms with Crippen molar-refractivity contribution in [1.29, 1.82) is 0 Å². The van der Waals surface area contributed by atoms with Crippen LogP contribution in [-0.4, -0.2) is 16.8 Å². The predicted octanol–water partition coefficient (Wildman–Crippen LogP) is 5.85. The fourth-order valence-electron chi connectivity index (χ4n) is 5.06.